The van der Waals surface area contributed by atoms with Crippen LogP contribution >= 0.6 is 0 Å². The molecule has 5 heteroatoms. The number of carboxylic acids is 1. The lowest BCUT2D eigenvalue weighted by Crippen LogP contribution is -2.46. The van der Waals surface area contributed by atoms with Gasteiger partial charge in [-0.2, -0.15) is 0 Å². The molecule has 3 atom stereocenters. The molecule has 1 saturated heterocycles. The number of likely N-dealkylation sites (tertiary alicyclic amines) is 1. The average Bonchev–Trinajstić information content (AvgIpc) is 2.26. The highest BCUT2D eigenvalue weighted by Crippen LogP contribution is 2.18. The molecule has 1 aliphatic rings. The molecular weight excluding hydrogens is 210 g/mol. The highest BCUT2D eigenvalue weighted by atomic mass is 16.4. The smallest absolute Gasteiger partial charge is 0.307 e. The Kier molecular flexibility index (Phi) is 4.29. The van der Waals surface area contributed by atoms with Gasteiger partial charge in [0.05, 0.1) is 12.0 Å². The number of rotatable bonds is 3. The number of aliphatic carboxylic acids is 1. The monoisotopic (exact) mass is 229 g/mol. The second-order valence-corrected chi connectivity index (χ2v) is 4.50. The summed E-state index contributed by atoms with van der Waals surface area (Å²) in [6, 6.07) is 0. The van der Waals surface area contributed by atoms with Crippen LogP contribution in [0.3, 0.4) is 0 Å². The number of β-amino-alcohol motifs (C(OH)–C–C–N with tert-alkyl or cyclic N) is 1. The minimum Gasteiger partial charge on any atom is -0.481 e. The van der Waals surface area contributed by atoms with Crippen LogP contribution in [0.5, 0.6) is 0 Å². The maximum atomic E-state index is 11.9. The molecule has 0 saturated carbocycles. The summed E-state index contributed by atoms with van der Waals surface area (Å²) in [7, 11) is 0. The van der Waals surface area contributed by atoms with E-state index in [2.05, 4.69) is 0 Å². The Balaban J connectivity index is 2.59. The molecule has 1 rings (SSSR count). The molecule has 3 unspecified atom stereocenters. The minimum absolute atomic E-state index is 0.173. The van der Waals surface area contributed by atoms with E-state index >= 15 is 0 Å². The molecule has 1 amide bonds. The van der Waals surface area contributed by atoms with Crippen LogP contribution in [0, 0.1) is 11.8 Å². The summed E-state index contributed by atoms with van der Waals surface area (Å²) >= 11 is 0. The first-order chi connectivity index (χ1) is 7.43. The highest BCUT2D eigenvalue weighted by Gasteiger charge is 2.31. The van der Waals surface area contributed by atoms with Gasteiger partial charge in [0.15, 0.2) is 0 Å². The average molecular weight is 229 g/mol. The minimum atomic E-state index is -0.960. The van der Waals surface area contributed by atoms with Gasteiger partial charge in [-0.05, 0) is 12.8 Å². The summed E-state index contributed by atoms with van der Waals surface area (Å²) in [4.78, 5) is 24.3. The van der Waals surface area contributed by atoms with Crippen LogP contribution < -0.4 is 0 Å². The number of aliphatic hydroxyl groups excluding tert-OH is 1. The lowest BCUT2D eigenvalue weighted by molar-refractivity contribution is -0.150. The molecule has 2 N–H and O–H groups in total. The zero-order chi connectivity index (χ0) is 12.3. The second kappa shape index (κ2) is 5.30. The number of amides is 1. The summed E-state index contributed by atoms with van der Waals surface area (Å²) in [6.07, 6.45) is 1.03. The van der Waals surface area contributed by atoms with Gasteiger partial charge in [-0.3, -0.25) is 9.59 Å². The van der Waals surface area contributed by atoms with E-state index in [9.17, 15) is 14.7 Å². The fourth-order valence-electron chi connectivity index (χ4n) is 1.87. The molecule has 0 aliphatic carbocycles. The zero-order valence-corrected chi connectivity index (χ0v) is 9.72. The highest BCUT2D eigenvalue weighted by molar-refractivity contribution is 5.84. The predicted molar refractivity (Wildman–Crippen MR) is 57.8 cm³/mol. The van der Waals surface area contributed by atoms with Gasteiger partial charge in [-0.1, -0.05) is 13.8 Å². The topological polar surface area (TPSA) is 77.8 Å². The summed E-state index contributed by atoms with van der Waals surface area (Å²) in [5, 5.41) is 18.3. The lowest BCUT2D eigenvalue weighted by Gasteiger charge is -2.32. The number of nitrogens with zero attached hydrogens (tertiary/aromatic N) is 1. The third-order valence-corrected chi connectivity index (χ3v) is 3.24. The van der Waals surface area contributed by atoms with Crippen molar-refractivity contribution in [2.45, 2.75) is 32.8 Å². The van der Waals surface area contributed by atoms with Crippen molar-refractivity contribution >= 4 is 11.9 Å². The first kappa shape index (κ1) is 13.0. The maximum absolute atomic E-state index is 11.9. The number of carbonyl (C=O) groups is 2. The third kappa shape index (κ3) is 2.95. The quantitative estimate of drug-likeness (QED) is 0.731. The number of hydrogen-bond donors (Lipinski definition) is 2. The van der Waals surface area contributed by atoms with Crippen LogP contribution in [-0.4, -0.2) is 46.2 Å². The molecule has 1 heterocycles. The fraction of sp³-hybridized carbons (Fsp3) is 0.818. The molecule has 1 fully saturated rings. The van der Waals surface area contributed by atoms with Crippen molar-refractivity contribution in [2.75, 3.05) is 13.1 Å². The molecular formula is C11H19NO4. The largest absolute Gasteiger partial charge is 0.481 e. The normalized spacial score (nSPS) is 24.9. The molecule has 16 heavy (non-hydrogen) atoms. The first-order valence-electron chi connectivity index (χ1n) is 5.63. The van der Waals surface area contributed by atoms with Gasteiger partial charge < -0.3 is 15.1 Å². The van der Waals surface area contributed by atoms with Gasteiger partial charge in [0.2, 0.25) is 5.91 Å². The summed E-state index contributed by atoms with van der Waals surface area (Å²) < 4.78 is 0. The van der Waals surface area contributed by atoms with Crippen molar-refractivity contribution in [3.05, 3.63) is 0 Å². The number of carboxylic acid groups (broad SMARTS) is 1. The van der Waals surface area contributed by atoms with Crippen molar-refractivity contribution in [1.82, 2.24) is 4.90 Å². The standard InChI is InChI=1S/C11H19NO4/c1-7(8(2)11(15)16)10(14)12-5-3-4-9(13)6-12/h7-9,13H,3-6H2,1-2H3,(H,15,16). The van der Waals surface area contributed by atoms with Gasteiger partial charge in [0.25, 0.3) is 0 Å². The van der Waals surface area contributed by atoms with Crippen molar-refractivity contribution in [3.8, 4) is 0 Å². The Hall–Kier alpha value is -1.10. The van der Waals surface area contributed by atoms with Crippen LogP contribution in [0.4, 0.5) is 0 Å². The number of carbonyl (C=O) groups excluding carboxylic acids is 1. The predicted octanol–water partition coefficient (Wildman–Crippen LogP) is 0.326. The van der Waals surface area contributed by atoms with Gasteiger partial charge in [-0.15, -0.1) is 0 Å². The van der Waals surface area contributed by atoms with E-state index in [-0.39, 0.29) is 5.91 Å². The van der Waals surface area contributed by atoms with E-state index < -0.39 is 23.9 Å². The SMILES string of the molecule is CC(C(=O)O)C(C)C(=O)N1CCCC(O)C1. The van der Waals surface area contributed by atoms with Crippen LogP contribution in [0.1, 0.15) is 26.7 Å². The first-order valence-corrected chi connectivity index (χ1v) is 5.63. The van der Waals surface area contributed by atoms with Gasteiger partial charge in [0.1, 0.15) is 0 Å². The van der Waals surface area contributed by atoms with Crippen molar-refractivity contribution in [3.63, 3.8) is 0 Å². The second-order valence-electron chi connectivity index (χ2n) is 4.50. The third-order valence-electron chi connectivity index (χ3n) is 3.24. The van der Waals surface area contributed by atoms with Crippen LogP contribution in [0.15, 0.2) is 0 Å². The van der Waals surface area contributed by atoms with Crippen LogP contribution in [0.25, 0.3) is 0 Å². The van der Waals surface area contributed by atoms with Crippen molar-refractivity contribution in [2.24, 2.45) is 11.8 Å². The molecule has 5 nitrogen and oxygen atoms in total. The number of aliphatic hydroxyl groups is 1. The van der Waals surface area contributed by atoms with E-state index in [1.807, 2.05) is 0 Å². The van der Waals surface area contributed by atoms with Gasteiger partial charge in [0, 0.05) is 19.0 Å². The Morgan fingerprint density at radius 3 is 2.44 bits per heavy atom. The Labute approximate surface area is 95.1 Å². The van der Waals surface area contributed by atoms with Crippen LogP contribution in [0.2, 0.25) is 0 Å². The van der Waals surface area contributed by atoms with Crippen LogP contribution in [-0.2, 0) is 9.59 Å². The Morgan fingerprint density at radius 2 is 1.94 bits per heavy atom. The zero-order valence-electron chi connectivity index (χ0n) is 9.72. The summed E-state index contributed by atoms with van der Waals surface area (Å²) in [5.74, 6) is -2.36. The van der Waals surface area contributed by atoms with Gasteiger partial charge in [-0.25, -0.2) is 0 Å². The number of piperidine rings is 1. The van der Waals surface area contributed by atoms with E-state index in [0.717, 1.165) is 6.42 Å². The maximum Gasteiger partial charge on any atom is 0.307 e. The van der Waals surface area contributed by atoms with E-state index in [1.54, 1.807) is 11.8 Å². The molecule has 1 aliphatic heterocycles. The lowest BCUT2D eigenvalue weighted by atomic mass is 9.93. The molecule has 0 aromatic carbocycles. The van der Waals surface area contributed by atoms with Gasteiger partial charge >= 0.3 is 5.97 Å². The Bertz CT molecular complexity index is 279. The fourth-order valence-corrected chi connectivity index (χ4v) is 1.87. The summed E-state index contributed by atoms with van der Waals surface area (Å²) in [6.45, 7) is 4.11. The Morgan fingerprint density at radius 1 is 1.31 bits per heavy atom. The van der Waals surface area contributed by atoms with E-state index in [4.69, 9.17) is 5.11 Å². The van der Waals surface area contributed by atoms with E-state index in [0.29, 0.717) is 19.5 Å². The molecule has 0 radical (unpaired) electrons. The molecule has 0 bridgehead atoms. The molecule has 0 spiro atoms. The van der Waals surface area contributed by atoms with E-state index in [1.165, 1.54) is 6.92 Å². The van der Waals surface area contributed by atoms with Crippen molar-refractivity contribution in [1.29, 1.82) is 0 Å². The molecule has 0 aromatic rings. The molecule has 0 aromatic heterocycles. The number of hydrogen-bond acceptors (Lipinski definition) is 3. The summed E-state index contributed by atoms with van der Waals surface area (Å²) in [5.41, 5.74) is 0. The molecule has 92 valence electrons. The van der Waals surface area contributed by atoms with Crippen molar-refractivity contribution < 1.29 is 19.8 Å².